The summed E-state index contributed by atoms with van der Waals surface area (Å²) in [6, 6.07) is 1.77. The maximum absolute atomic E-state index is 13.8. The molecule has 0 spiro atoms. The van der Waals surface area contributed by atoms with E-state index in [1.807, 2.05) is 6.92 Å². The number of nitrogen functional groups attached to an aromatic ring is 1. The lowest BCUT2D eigenvalue weighted by Gasteiger charge is -2.20. The van der Waals surface area contributed by atoms with E-state index >= 15 is 0 Å². The summed E-state index contributed by atoms with van der Waals surface area (Å²) in [5, 5.41) is 0. The molecule has 0 radical (unpaired) electrons. The van der Waals surface area contributed by atoms with Crippen molar-refractivity contribution in [2.45, 2.75) is 31.6 Å². The first kappa shape index (κ1) is 15.8. The number of rotatable bonds is 6. The molecule has 1 aromatic rings. The third-order valence-electron chi connectivity index (χ3n) is 2.82. The number of hydrogen-bond acceptors (Lipinski definition) is 3. The normalized spacial score (nSPS) is 12.1. The Morgan fingerprint density at radius 1 is 1.26 bits per heavy atom. The molecule has 2 N–H and O–H groups in total. The van der Waals surface area contributed by atoms with Gasteiger partial charge in [-0.05, 0) is 18.6 Å². The van der Waals surface area contributed by atoms with Gasteiger partial charge in [-0.3, -0.25) is 0 Å². The highest BCUT2D eigenvalue weighted by atomic mass is 32.2. The van der Waals surface area contributed by atoms with Crippen LogP contribution < -0.4 is 5.73 Å². The number of sulfonamides is 1. The molecule has 0 aliphatic heterocycles. The first-order valence-electron chi connectivity index (χ1n) is 6.09. The smallest absolute Gasteiger partial charge is 0.246 e. The standard InChI is InChI=1S/C12H18F2N2O2S/c1-3-5-8-16(4-2)19(17,18)10-7-6-9(13)12(15)11(10)14/h6-7H,3-5,8,15H2,1-2H3. The average Bonchev–Trinajstić information content (AvgIpc) is 2.36. The van der Waals surface area contributed by atoms with E-state index in [2.05, 4.69) is 0 Å². The Bertz CT molecular complexity index is 547. The molecule has 0 atom stereocenters. The van der Waals surface area contributed by atoms with Crippen molar-refractivity contribution in [3.05, 3.63) is 23.8 Å². The fraction of sp³-hybridized carbons (Fsp3) is 0.500. The van der Waals surface area contributed by atoms with E-state index in [1.165, 1.54) is 0 Å². The van der Waals surface area contributed by atoms with Crippen molar-refractivity contribution in [3.63, 3.8) is 0 Å². The van der Waals surface area contributed by atoms with Gasteiger partial charge in [-0.15, -0.1) is 0 Å². The van der Waals surface area contributed by atoms with Gasteiger partial charge in [-0.25, -0.2) is 17.2 Å². The molecule has 0 bridgehead atoms. The Morgan fingerprint density at radius 2 is 1.89 bits per heavy atom. The number of hydrogen-bond donors (Lipinski definition) is 1. The fourth-order valence-electron chi connectivity index (χ4n) is 1.67. The summed E-state index contributed by atoms with van der Waals surface area (Å²) in [7, 11) is -3.98. The van der Waals surface area contributed by atoms with Crippen LogP contribution in [0.5, 0.6) is 0 Å². The molecule has 1 rings (SSSR count). The molecule has 108 valence electrons. The van der Waals surface area contributed by atoms with Crippen LogP contribution in [0.25, 0.3) is 0 Å². The van der Waals surface area contributed by atoms with Crippen LogP contribution in [0.3, 0.4) is 0 Å². The molecule has 19 heavy (non-hydrogen) atoms. The summed E-state index contributed by atoms with van der Waals surface area (Å²) >= 11 is 0. The molecule has 4 nitrogen and oxygen atoms in total. The van der Waals surface area contributed by atoms with Gasteiger partial charge in [0.05, 0.1) is 0 Å². The Hall–Kier alpha value is -1.21. The average molecular weight is 292 g/mol. The largest absolute Gasteiger partial charge is 0.394 e. The van der Waals surface area contributed by atoms with E-state index in [1.54, 1.807) is 6.92 Å². The van der Waals surface area contributed by atoms with Crippen LogP contribution in [0.4, 0.5) is 14.5 Å². The monoisotopic (exact) mass is 292 g/mol. The highest BCUT2D eigenvalue weighted by Crippen LogP contribution is 2.25. The maximum atomic E-state index is 13.8. The summed E-state index contributed by atoms with van der Waals surface area (Å²) in [5.74, 6) is -2.19. The molecule has 0 amide bonds. The van der Waals surface area contributed by atoms with E-state index in [4.69, 9.17) is 5.73 Å². The number of nitrogens with zero attached hydrogens (tertiary/aromatic N) is 1. The number of halogens is 2. The quantitative estimate of drug-likeness (QED) is 0.819. The summed E-state index contributed by atoms with van der Waals surface area (Å²) in [6.45, 7) is 4.11. The van der Waals surface area contributed by atoms with E-state index < -0.39 is 32.2 Å². The Morgan fingerprint density at radius 3 is 2.42 bits per heavy atom. The highest BCUT2D eigenvalue weighted by molar-refractivity contribution is 7.89. The van der Waals surface area contributed by atoms with Crippen LogP contribution in [-0.2, 0) is 10.0 Å². The predicted octanol–water partition coefficient (Wildman–Crippen LogP) is 2.36. The lowest BCUT2D eigenvalue weighted by Crippen LogP contribution is -2.32. The van der Waals surface area contributed by atoms with Gasteiger partial charge in [0.15, 0.2) is 5.82 Å². The zero-order valence-electron chi connectivity index (χ0n) is 11.0. The molecular formula is C12H18F2N2O2S. The van der Waals surface area contributed by atoms with Crippen LogP contribution in [0, 0.1) is 11.6 Å². The van der Waals surface area contributed by atoms with Gasteiger partial charge in [0, 0.05) is 13.1 Å². The minimum atomic E-state index is -3.98. The highest BCUT2D eigenvalue weighted by Gasteiger charge is 2.27. The summed E-state index contributed by atoms with van der Waals surface area (Å²) in [6.07, 6.45) is 1.49. The third kappa shape index (κ3) is 3.22. The molecule has 0 aliphatic rings. The number of nitrogens with two attached hydrogens (primary N) is 1. The molecule has 0 aromatic heterocycles. The van der Waals surface area contributed by atoms with Gasteiger partial charge in [-0.2, -0.15) is 4.31 Å². The Kier molecular flexibility index (Phi) is 5.25. The summed E-state index contributed by atoms with van der Waals surface area (Å²) < 4.78 is 52.5. The molecule has 0 aliphatic carbocycles. The van der Waals surface area contributed by atoms with E-state index in [-0.39, 0.29) is 6.54 Å². The summed E-state index contributed by atoms with van der Waals surface area (Å²) in [4.78, 5) is -0.579. The second-order valence-electron chi connectivity index (χ2n) is 4.12. The topological polar surface area (TPSA) is 63.4 Å². The zero-order chi connectivity index (χ0) is 14.6. The number of benzene rings is 1. The van der Waals surface area contributed by atoms with Crippen molar-refractivity contribution in [3.8, 4) is 0 Å². The van der Waals surface area contributed by atoms with Gasteiger partial charge >= 0.3 is 0 Å². The van der Waals surface area contributed by atoms with Crippen LogP contribution in [-0.4, -0.2) is 25.8 Å². The van der Waals surface area contributed by atoms with Gasteiger partial charge in [-0.1, -0.05) is 20.3 Å². The first-order valence-corrected chi connectivity index (χ1v) is 7.53. The molecular weight excluding hydrogens is 274 g/mol. The van der Waals surface area contributed by atoms with Crippen molar-refractivity contribution in [2.75, 3.05) is 18.8 Å². The van der Waals surface area contributed by atoms with E-state index in [9.17, 15) is 17.2 Å². The van der Waals surface area contributed by atoms with Crippen LogP contribution in [0.2, 0.25) is 0 Å². The van der Waals surface area contributed by atoms with E-state index in [0.717, 1.165) is 22.9 Å². The zero-order valence-corrected chi connectivity index (χ0v) is 11.8. The summed E-state index contributed by atoms with van der Waals surface area (Å²) in [5.41, 5.74) is 4.42. The van der Waals surface area contributed by atoms with Crippen molar-refractivity contribution in [1.82, 2.24) is 4.31 Å². The molecule has 0 saturated heterocycles. The van der Waals surface area contributed by atoms with Gasteiger partial charge < -0.3 is 5.73 Å². The molecule has 0 heterocycles. The Balaban J connectivity index is 3.22. The van der Waals surface area contributed by atoms with Crippen molar-refractivity contribution >= 4 is 15.7 Å². The van der Waals surface area contributed by atoms with Crippen molar-refractivity contribution in [1.29, 1.82) is 0 Å². The second kappa shape index (κ2) is 6.29. The fourth-order valence-corrected chi connectivity index (χ4v) is 3.23. The molecule has 0 fully saturated rings. The lowest BCUT2D eigenvalue weighted by atomic mass is 10.3. The van der Waals surface area contributed by atoms with Crippen molar-refractivity contribution < 1.29 is 17.2 Å². The van der Waals surface area contributed by atoms with Gasteiger partial charge in [0.1, 0.15) is 16.4 Å². The maximum Gasteiger partial charge on any atom is 0.246 e. The van der Waals surface area contributed by atoms with Gasteiger partial charge in [0.25, 0.3) is 0 Å². The lowest BCUT2D eigenvalue weighted by molar-refractivity contribution is 0.415. The minimum absolute atomic E-state index is 0.221. The van der Waals surface area contributed by atoms with E-state index in [0.29, 0.717) is 13.0 Å². The minimum Gasteiger partial charge on any atom is -0.394 e. The van der Waals surface area contributed by atoms with Gasteiger partial charge in [0.2, 0.25) is 10.0 Å². The second-order valence-corrected chi connectivity index (χ2v) is 6.03. The molecule has 1 aromatic carbocycles. The first-order chi connectivity index (χ1) is 8.86. The number of unbranched alkanes of at least 4 members (excludes halogenated alkanes) is 1. The van der Waals surface area contributed by atoms with Crippen LogP contribution >= 0.6 is 0 Å². The number of anilines is 1. The predicted molar refractivity (Wildman–Crippen MR) is 70.1 cm³/mol. The Labute approximate surface area is 112 Å². The van der Waals surface area contributed by atoms with Crippen LogP contribution in [0.15, 0.2) is 17.0 Å². The molecule has 0 unspecified atom stereocenters. The molecule has 0 saturated carbocycles. The third-order valence-corrected chi connectivity index (χ3v) is 4.81. The van der Waals surface area contributed by atoms with Crippen LogP contribution in [0.1, 0.15) is 26.7 Å². The molecule has 7 heteroatoms. The van der Waals surface area contributed by atoms with Crippen molar-refractivity contribution in [2.24, 2.45) is 0 Å². The SMILES string of the molecule is CCCCN(CC)S(=O)(=O)c1ccc(F)c(N)c1F.